The normalized spacial score (nSPS) is 23.4. The van der Waals surface area contributed by atoms with Crippen LogP contribution in [0.15, 0.2) is 16.8 Å². The van der Waals surface area contributed by atoms with Crippen molar-refractivity contribution in [1.82, 2.24) is 10.2 Å². The van der Waals surface area contributed by atoms with E-state index < -0.39 is 0 Å². The maximum absolute atomic E-state index is 3.84. The molecule has 1 N–H and O–H groups in total. The lowest BCUT2D eigenvalue weighted by Crippen LogP contribution is -2.66. The molecular weight excluding hydrogens is 276 g/mol. The van der Waals surface area contributed by atoms with Crippen LogP contribution in [0.2, 0.25) is 0 Å². The molecule has 2 rings (SSSR count). The first-order valence-electron chi connectivity index (χ1n) is 8.41. The van der Waals surface area contributed by atoms with Gasteiger partial charge in [-0.1, -0.05) is 34.6 Å². The van der Waals surface area contributed by atoms with Gasteiger partial charge in [-0.05, 0) is 47.1 Å². The number of thiophene rings is 1. The van der Waals surface area contributed by atoms with Crippen molar-refractivity contribution in [3.63, 3.8) is 0 Å². The number of hydrogen-bond acceptors (Lipinski definition) is 3. The molecule has 2 heterocycles. The molecule has 120 valence electrons. The van der Waals surface area contributed by atoms with E-state index in [2.05, 4.69) is 61.7 Å². The van der Waals surface area contributed by atoms with Gasteiger partial charge in [0.15, 0.2) is 0 Å². The quantitative estimate of drug-likeness (QED) is 0.878. The summed E-state index contributed by atoms with van der Waals surface area (Å²) in [6.45, 7) is 15.2. The first kappa shape index (κ1) is 17.0. The van der Waals surface area contributed by atoms with E-state index in [1.165, 1.54) is 37.9 Å². The fourth-order valence-corrected chi connectivity index (χ4v) is 4.16. The Balaban J connectivity index is 2.09. The maximum Gasteiger partial charge on any atom is 0.0329 e. The highest BCUT2D eigenvalue weighted by molar-refractivity contribution is 7.07. The predicted molar refractivity (Wildman–Crippen MR) is 94.2 cm³/mol. The smallest absolute Gasteiger partial charge is 0.0329 e. The van der Waals surface area contributed by atoms with Gasteiger partial charge in [-0.15, -0.1) is 0 Å². The second kappa shape index (κ2) is 6.80. The molecule has 1 aromatic heterocycles. The van der Waals surface area contributed by atoms with Crippen LogP contribution in [0.4, 0.5) is 0 Å². The molecule has 0 saturated carbocycles. The first-order chi connectivity index (χ1) is 9.91. The predicted octanol–water partition coefficient (Wildman–Crippen LogP) is 4.17. The number of rotatable bonds is 5. The molecule has 0 aliphatic carbocycles. The summed E-state index contributed by atoms with van der Waals surface area (Å²) in [6.07, 6.45) is 3.65. The van der Waals surface area contributed by atoms with Crippen molar-refractivity contribution >= 4 is 11.3 Å². The fraction of sp³-hybridized carbons (Fsp3) is 0.778. The molecule has 1 aliphatic heterocycles. The van der Waals surface area contributed by atoms with Crippen molar-refractivity contribution in [2.75, 3.05) is 19.6 Å². The summed E-state index contributed by atoms with van der Waals surface area (Å²) in [6, 6.07) is 2.86. The van der Waals surface area contributed by atoms with Crippen molar-refractivity contribution < 1.29 is 0 Å². The molecule has 1 atom stereocenters. The lowest BCUT2D eigenvalue weighted by Gasteiger charge is -2.52. The van der Waals surface area contributed by atoms with E-state index in [4.69, 9.17) is 0 Å². The van der Waals surface area contributed by atoms with Crippen LogP contribution in [-0.2, 0) is 6.42 Å². The number of hydrogen-bond donors (Lipinski definition) is 1. The lowest BCUT2D eigenvalue weighted by molar-refractivity contribution is 0.00866. The zero-order valence-electron chi connectivity index (χ0n) is 14.4. The zero-order chi connectivity index (χ0) is 15.5. The summed E-state index contributed by atoms with van der Waals surface area (Å²) in [4.78, 5) is 2.77. The van der Waals surface area contributed by atoms with E-state index in [1.54, 1.807) is 0 Å². The minimum absolute atomic E-state index is 0.328. The average Bonchev–Trinajstić information content (AvgIpc) is 2.97. The summed E-state index contributed by atoms with van der Waals surface area (Å²) >= 11 is 1.81. The van der Waals surface area contributed by atoms with Crippen LogP contribution in [0.1, 0.15) is 53.0 Å². The number of piperazine rings is 1. The monoisotopic (exact) mass is 308 g/mol. The topological polar surface area (TPSA) is 15.3 Å². The van der Waals surface area contributed by atoms with Crippen LogP contribution in [0.3, 0.4) is 0 Å². The van der Waals surface area contributed by atoms with E-state index >= 15 is 0 Å². The molecule has 0 amide bonds. The average molecular weight is 309 g/mol. The SMILES string of the molecule is CCC1(CC)CNC(C(C)(C)C)CN1CCc1ccsc1. The second-order valence-corrected chi connectivity index (χ2v) is 8.34. The van der Waals surface area contributed by atoms with Gasteiger partial charge >= 0.3 is 0 Å². The summed E-state index contributed by atoms with van der Waals surface area (Å²) in [5.74, 6) is 0. The van der Waals surface area contributed by atoms with Gasteiger partial charge in [0, 0.05) is 31.2 Å². The van der Waals surface area contributed by atoms with Crippen molar-refractivity contribution in [1.29, 1.82) is 0 Å². The lowest BCUT2D eigenvalue weighted by atomic mass is 9.80. The molecule has 1 saturated heterocycles. The highest BCUT2D eigenvalue weighted by Crippen LogP contribution is 2.32. The third kappa shape index (κ3) is 3.88. The van der Waals surface area contributed by atoms with Crippen LogP contribution in [0, 0.1) is 5.41 Å². The first-order valence-corrected chi connectivity index (χ1v) is 9.35. The van der Waals surface area contributed by atoms with Gasteiger partial charge in [-0.25, -0.2) is 0 Å². The zero-order valence-corrected chi connectivity index (χ0v) is 15.2. The van der Waals surface area contributed by atoms with Gasteiger partial charge in [-0.2, -0.15) is 11.3 Å². The van der Waals surface area contributed by atoms with Crippen LogP contribution in [-0.4, -0.2) is 36.1 Å². The fourth-order valence-electron chi connectivity index (χ4n) is 3.46. The third-order valence-electron chi connectivity index (χ3n) is 5.36. The molecule has 3 heteroatoms. The molecular formula is C18H32N2S. The molecule has 0 aromatic carbocycles. The van der Waals surface area contributed by atoms with E-state index in [1.807, 2.05) is 11.3 Å². The third-order valence-corrected chi connectivity index (χ3v) is 6.10. The van der Waals surface area contributed by atoms with Crippen molar-refractivity contribution in [3.8, 4) is 0 Å². The minimum atomic E-state index is 0.328. The maximum atomic E-state index is 3.84. The van der Waals surface area contributed by atoms with Gasteiger partial charge in [0.05, 0.1) is 0 Å². The second-order valence-electron chi connectivity index (χ2n) is 7.56. The van der Waals surface area contributed by atoms with Crippen LogP contribution in [0.25, 0.3) is 0 Å². The van der Waals surface area contributed by atoms with Crippen molar-refractivity contribution in [3.05, 3.63) is 22.4 Å². The molecule has 1 fully saturated rings. The molecule has 1 aromatic rings. The summed E-state index contributed by atoms with van der Waals surface area (Å²) in [5, 5.41) is 8.32. The van der Waals surface area contributed by atoms with Crippen molar-refractivity contribution in [2.24, 2.45) is 5.41 Å². The Labute approximate surface area is 134 Å². The molecule has 2 nitrogen and oxygen atoms in total. The van der Waals surface area contributed by atoms with Gasteiger partial charge in [0.2, 0.25) is 0 Å². The Kier molecular flexibility index (Phi) is 5.50. The van der Waals surface area contributed by atoms with Gasteiger partial charge < -0.3 is 5.32 Å². The van der Waals surface area contributed by atoms with E-state index in [9.17, 15) is 0 Å². The molecule has 0 spiro atoms. The van der Waals surface area contributed by atoms with E-state index in [-0.39, 0.29) is 0 Å². The Morgan fingerprint density at radius 2 is 2.05 bits per heavy atom. The summed E-state index contributed by atoms with van der Waals surface area (Å²) < 4.78 is 0. The largest absolute Gasteiger partial charge is 0.310 e. The molecule has 1 unspecified atom stereocenters. The molecule has 21 heavy (non-hydrogen) atoms. The van der Waals surface area contributed by atoms with Crippen molar-refractivity contribution in [2.45, 2.75) is 65.5 Å². The number of nitrogens with one attached hydrogen (secondary N) is 1. The Morgan fingerprint density at radius 3 is 2.57 bits per heavy atom. The minimum Gasteiger partial charge on any atom is -0.310 e. The van der Waals surface area contributed by atoms with E-state index in [0.717, 1.165) is 6.54 Å². The van der Waals surface area contributed by atoms with Gasteiger partial charge in [0.1, 0.15) is 0 Å². The Bertz CT molecular complexity index is 415. The van der Waals surface area contributed by atoms with Crippen LogP contribution >= 0.6 is 11.3 Å². The van der Waals surface area contributed by atoms with Gasteiger partial charge in [-0.3, -0.25) is 4.90 Å². The van der Waals surface area contributed by atoms with Crippen LogP contribution < -0.4 is 5.32 Å². The number of nitrogens with zero attached hydrogens (tertiary/aromatic N) is 1. The Morgan fingerprint density at radius 1 is 1.33 bits per heavy atom. The summed E-state index contributed by atoms with van der Waals surface area (Å²) in [7, 11) is 0. The van der Waals surface area contributed by atoms with Crippen LogP contribution in [0.5, 0.6) is 0 Å². The highest BCUT2D eigenvalue weighted by Gasteiger charge is 2.41. The van der Waals surface area contributed by atoms with E-state index in [0.29, 0.717) is 17.0 Å². The summed E-state index contributed by atoms with van der Waals surface area (Å²) in [5.41, 5.74) is 2.17. The molecule has 1 aliphatic rings. The Hall–Kier alpha value is -0.380. The molecule has 0 bridgehead atoms. The molecule has 0 radical (unpaired) electrons. The highest BCUT2D eigenvalue weighted by atomic mass is 32.1. The standard InChI is InChI=1S/C18H32N2S/c1-6-18(7-2)14-19-16(17(3,4)5)12-20(18)10-8-15-9-11-21-13-15/h9,11,13,16,19H,6-8,10,12,14H2,1-5H3. The van der Waals surface area contributed by atoms with Gasteiger partial charge in [0.25, 0.3) is 0 Å².